The van der Waals surface area contributed by atoms with Crippen LogP contribution < -0.4 is 0 Å². The molecule has 0 atom stereocenters. The quantitative estimate of drug-likeness (QED) is 0.768. The third-order valence-corrected chi connectivity index (χ3v) is 2.37. The maximum Gasteiger partial charge on any atom is 0.414 e. The summed E-state index contributed by atoms with van der Waals surface area (Å²) in [6.07, 6.45) is 2.99. The molecule has 0 saturated heterocycles. The topological polar surface area (TPSA) is 29.5 Å². The van der Waals surface area contributed by atoms with Crippen molar-refractivity contribution in [1.29, 1.82) is 0 Å². The molecule has 4 heteroatoms. The normalized spacial score (nSPS) is 13.4. The summed E-state index contributed by atoms with van der Waals surface area (Å²) in [5.74, 6) is 0. The van der Waals surface area contributed by atoms with Gasteiger partial charge in [0.1, 0.15) is 13.3 Å². The third-order valence-electron chi connectivity index (χ3n) is 2.37. The van der Waals surface area contributed by atoms with E-state index < -0.39 is 12.8 Å². The van der Waals surface area contributed by atoms with E-state index in [1.165, 1.54) is 4.90 Å². The Morgan fingerprint density at radius 2 is 2.25 bits per heavy atom. The zero-order chi connectivity index (χ0) is 11.4. The van der Waals surface area contributed by atoms with Gasteiger partial charge < -0.3 is 4.74 Å². The molecule has 1 amide bonds. The Bertz CT molecular complexity index is 417. The van der Waals surface area contributed by atoms with E-state index in [0.717, 1.165) is 11.1 Å². The van der Waals surface area contributed by atoms with Gasteiger partial charge in [-0.3, -0.25) is 4.90 Å². The smallest absolute Gasteiger partial charge is 0.414 e. The van der Waals surface area contributed by atoms with E-state index in [-0.39, 0.29) is 6.61 Å². The molecule has 0 unspecified atom stereocenters. The van der Waals surface area contributed by atoms with Gasteiger partial charge in [0.15, 0.2) is 0 Å². The van der Waals surface area contributed by atoms with E-state index in [0.29, 0.717) is 6.54 Å². The van der Waals surface area contributed by atoms with Crippen molar-refractivity contribution >= 4 is 12.2 Å². The molecule has 0 radical (unpaired) electrons. The predicted molar refractivity (Wildman–Crippen MR) is 58.3 cm³/mol. The summed E-state index contributed by atoms with van der Waals surface area (Å²) >= 11 is 0. The molecule has 0 aromatic heterocycles. The van der Waals surface area contributed by atoms with Crippen LogP contribution >= 0.6 is 0 Å². The number of ether oxygens (including phenoxy) is 1. The molecule has 0 bridgehead atoms. The largest absolute Gasteiger partial charge is 0.446 e. The molecule has 16 heavy (non-hydrogen) atoms. The summed E-state index contributed by atoms with van der Waals surface area (Å²) in [6, 6.07) is 7.80. The lowest BCUT2D eigenvalue weighted by Gasteiger charge is -2.22. The van der Waals surface area contributed by atoms with Gasteiger partial charge in [0, 0.05) is 6.20 Å². The molecule has 0 aliphatic carbocycles. The molecular formula is C12H12FNO2. The Morgan fingerprint density at radius 1 is 1.44 bits per heavy atom. The number of carbonyl (C=O) groups excluding carboxylic acids is 1. The minimum atomic E-state index is -0.653. The van der Waals surface area contributed by atoms with E-state index in [1.54, 1.807) is 6.20 Å². The molecule has 1 aromatic rings. The fourth-order valence-electron chi connectivity index (χ4n) is 1.58. The van der Waals surface area contributed by atoms with Crippen molar-refractivity contribution in [2.45, 2.75) is 6.54 Å². The Morgan fingerprint density at radius 3 is 3.06 bits per heavy atom. The monoisotopic (exact) mass is 221 g/mol. The SMILES string of the molecule is O=C(OCCF)N1C=Cc2ccccc2C1. The highest BCUT2D eigenvalue weighted by molar-refractivity contribution is 5.72. The van der Waals surface area contributed by atoms with Crippen molar-refractivity contribution in [1.82, 2.24) is 4.90 Å². The van der Waals surface area contributed by atoms with E-state index in [2.05, 4.69) is 0 Å². The van der Waals surface area contributed by atoms with Crippen molar-refractivity contribution in [3.63, 3.8) is 0 Å². The Kier molecular flexibility index (Phi) is 3.19. The first-order valence-corrected chi connectivity index (χ1v) is 5.07. The van der Waals surface area contributed by atoms with Crippen molar-refractivity contribution < 1.29 is 13.9 Å². The van der Waals surface area contributed by atoms with Gasteiger partial charge in [-0.2, -0.15) is 0 Å². The molecule has 0 fully saturated rings. The van der Waals surface area contributed by atoms with Crippen molar-refractivity contribution in [3.05, 3.63) is 41.6 Å². The molecule has 1 heterocycles. The number of halogens is 1. The molecule has 0 saturated carbocycles. The number of benzene rings is 1. The van der Waals surface area contributed by atoms with Crippen molar-refractivity contribution in [3.8, 4) is 0 Å². The molecule has 3 nitrogen and oxygen atoms in total. The number of nitrogens with zero attached hydrogens (tertiary/aromatic N) is 1. The molecule has 0 spiro atoms. The van der Waals surface area contributed by atoms with Gasteiger partial charge in [-0.15, -0.1) is 0 Å². The average molecular weight is 221 g/mol. The summed E-state index contributed by atoms with van der Waals surface area (Å²) in [5, 5.41) is 0. The van der Waals surface area contributed by atoms with Gasteiger partial charge in [0.2, 0.25) is 0 Å². The number of hydrogen-bond acceptors (Lipinski definition) is 2. The lowest BCUT2D eigenvalue weighted by atomic mass is 10.1. The minimum absolute atomic E-state index is 0.190. The van der Waals surface area contributed by atoms with Crippen LogP contribution in [0, 0.1) is 0 Å². The zero-order valence-corrected chi connectivity index (χ0v) is 8.73. The van der Waals surface area contributed by atoms with E-state index in [1.807, 2.05) is 30.3 Å². The Labute approximate surface area is 93.1 Å². The highest BCUT2D eigenvalue weighted by atomic mass is 19.1. The molecule has 1 aliphatic rings. The fourth-order valence-corrected chi connectivity index (χ4v) is 1.58. The average Bonchev–Trinajstić information content (AvgIpc) is 2.35. The standard InChI is InChI=1S/C12H12FNO2/c13-6-8-16-12(15)14-7-5-10-3-1-2-4-11(10)9-14/h1-5,7H,6,8-9H2. The van der Waals surface area contributed by atoms with Crippen molar-refractivity contribution in [2.24, 2.45) is 0 Å². The van der Waals surface area contributed by atoms with Crippen LogP contribution in [0.1, 0.15) is 11.1 Å². The van der Waals surface area contributed by atoms with Gasteiger partial charge in [0.25, 0.3) is 0 Å². The van der Waals surface area contributed by atoms with Crippen LogP contribution in [0.5, 0.6) is 0 Å². The van der Waals surface area contributed by atoms with Crippen molar-refractivity contribution in [2.75, 3.05) is 13.3 Å². The van der Waals surface area contributed by atoms with Crippen LogP contribution in [-0.4, -0.2) is 24.3 Å². The first-order valence-electron chi connectivity index (χ1n) is 5.07. The second-order valence-electron chi connectivity index (χ2n) is 3.45. The Balaban J connectivity index is 2.05. The number of alkyl halides is 1. The predicted octanol–water partition coefficient (Wildman–Crippen LogP) is 2.58. The summed E-state index contributed by atoms with van der Waals surface area (Å²) < 4.78 is 16.6. The first kappa shape index (κ1) is 10.7. The lowest BCUT2D eigenvalue weighted by Crippen LogP contribution is -2.28. The van der Waals surface area contributed by atoms with E-state index in [4.69, 9.17) is 4.74 Å². The van der Waals surface area contributed by atoms with Crippen LogP contribution in [0.3, 0.4) is 0 Å². The van der Waals surface area contributed by atoms with Crippen LogP contribution in [0.25, 0.3) is 6.08 Å². The number of rotatable bonds is 2. The highest BCUT2D eigenvalue weighted by Crippen LogP contribution is 2.19. The highest BCUT2D eigenvalue weighted by Gasteiger charge is 2.17. The summed E-state index contributed by atoms with van der Waals surface area (Å²) in [5.41, 5.74) is 2.15. The maximum absolute atomic E-state index is 11.8. The van der Waals surface area contributed by atoms with Crippen LogP contribution in [0.4, 0.5) is 9.18 Å². The molecule has 0 N–H and O–H groups in total. The molecule has 84 valence electrons. The molecule has 1 aliphatic heterocycles. The zero-order valence-electron chi connectivity index (χ0n) is 8.73. The van der Waals surface area contributed by atoms with Crippen LogP contribution in [0.15, 0.2) is 30.5 Å². The Hall–Kier alpha value is -1.84. The van der Waals surface area contributed by atoms with Gasteiger partial charge in [0.05, 0.1) is 6.54 Å². The van der Waals surface area contributed by atoms with E-state index in [9.17, 15) is 9.18 Å². The maximum atomic E-state index is 11.8. The number of carbonyl (C=O) groups is 1. The summed E-state index contributed by atoms with van der Waals surface area (Å²) in [4.78, 5) is 12.9. The molecule has 2 rings (SSSR count). The van der Waals surface area contributed by atoms with E-state index >= 15 is 0 Å². The van der Waals surface area contributed by atoms with Gasteiger partial charge >= 0.3 is 6.09 Å². The van der Waals surface area contributed by atoms with Crippen LogP contribution in [0.2, 0.25) is 0 Å². The second kappa shape index (κ2) is 4.79. The summed E-state index contributed by atoms with van der Waals surface area (Å²) in [6.45, 7) is -0.373. The third kappa shape index (κ3) is 2.21. The number of fused-ring (bicyclic) bond motifs is 1. The fraction of sp³-hybridized carbons (Fsp3) is 0.250. The number of amides is 1. The van der Waals surface area contributed by atoms with Gasteiger partial charge in [-0.1, -0.05) is 24.3 Å². The summed E-state index contributed by atoms with van der Waals surface area (Å²) in [7, 11) is 0. The molecular weight excluding hydrogens is 209 g/mol. The minimum Gasteiger partial charge on any atom is -0.446 e. The lowest BCUT2D eigenvalue weighted by molar-refractivity contribution is 0.108. The van der Waals surface area contributed by atoms with Crippen LogP contribution in [-0.2, 0) is 11.3 Å². The van der Waals surface area contributed by atoms with Gasteiger partial charge in [-0.05, 0) is 17.2 Å². The number of hydrogen-bond donors (Lipinski definition) is 0. The first-order chi connectivity index (χ1) is 7.81. The molecule has 1 aromatic carbocycles. The van der Waals surface area contributed by atoms with Gasteiger partial charge in [-0.25, -0.2) is 9.18 Å². The second-order valence-corrected chi connectivity index (χ2v) is 3.45.